The Morgan fingerprint density at radius 2 is 1.58 bits per heavy atom. The first kappa shape index (κ1) is 15.5. The molecule has 2 nitrogen and oxygen atoms in total. The molecule has 0 aliphatic carbocycles. The number of nitrogens with zero attached hydrogens (tertiary/aromatic N) is 2. The zero-order valence-electron chi connectivity index (χ0n) is 13.7. The van der Waals surface area contributed by atoms with Crippen molar-refractivity contribution in [1.82, 2.24) is 9.80 Å². The molecule has 0 amide bonds. The van der Waals surface area contributed by atoms with Crippen LogP contribution in [0.15, 0.2) is 0 Å². The molecule has 19 heavy (non-hydrogen) atoms. The van der Waals surface area contributed by atoms with Gasteiger partial charge in [0.05, 0.1) is 0 Å². The lowest BCUT2D eigenvalue weighted by Gasteiger charge is -2.47. The third kappa shape index (κ3) is 4.57. The Kier molecular flexibility index (Phi) is 5.13. The lowest BCUT2D eigenvalue weighted by molar-refractivity contribution is 0.0885. The first-order valence-corrected chi connectivity index (χ1v) is 11.7. The second kappa shape index (κ2) is 6.27. The number of likely N-dealkylation sites (tertiary alicyclic amines) is 1. The van der Waals surface area contributed by atoms with Crippen LogP contribution in [0.3, 0.4) is 0 Å². The molecule has 0 atom stereocenters. The quantitative estimate of drug-likeness (QED) is 0.728. The Hall–Kier alpha value is 0.137. The van der Waals surface area contributed by atoms with Gasteiger partial charge in [0.1, 0.15) is 0 Å². The van der Waals surface area contributed by atoms with E-state index in [1.807, 2.05) is 0 Å². The number of piperidine rings is 1. The highest BCUT2D eigenvalue weighted by molar-refractivity contribution is 6.77. The fourth-order valence-corrected chi connectivity index (χ4v) is 6.48. The summed E-state index contributed by atoms with van der Waals surface area (Å²) in [5, 5.41) is 0. The highest BCUT2D eigenvalue weighted by Gasteiger charge is 2.40. The average Bonchev–Trinajstić information content (AvgIpc) is 2.36. The van der Waals surface area contributed by atoms with Crippen LogP contribution in [-0.2, 0) is 0 Å². The molecule has 0 aromatic heterocycles. The van der Waals surface area contributed by atoms with Crippen LogP contribution in [-0.4, -0.2) is 58.1 Å². The van der Waals surface area contributed by atoms with Gasteiger partial charge in [-0.15, -0.1) is 0 Å². The Labute approximate surface area is 121 Å². The van der Waals surface area contributed by atoms with E-state index in [9.17, 15) is 0 Å². The van der Waals surface area contributed by atoms with E-state index in [1.54, 1.807) is 24.9 Å². The molecular formula is C16H34N2Si. The minimum atomic E-state index is -0.770. The molecule has 112 valence electrons. The fourth-order valence-electron chi connectivity index (χ4n) is 3.82. The molecule has 1 spiro atoms. The topological polar surface area (TPSA) is 6.48 Å². The Bertz CT molecular complexity index is 268. The number of rotatable bonds is 4. The lowest BCUT2D eigenvalue weighted by atomic mass is 9.73. The third-order valence-corrected chi connectivity index (χ3v) is 8.87. The van der Waals surface area contributed by atoms with E-state index in [2.05, 4.69) is 37.0 Å². The average molecular weight is 283 g/mol. The van der Waals surface area contributed by atoms with E-state index in [0.29, 0.717) is 0 Å². The number of hydrogen-bond donors (Lipinski definition) is 0. The van der Waals surface area contributed by atoms with E-state index in [-0.39, 0.29) is 0 Å². The van der Waals surface area contributed by atoms with Crippen LogP contribution in [0.5, 0.6) is 0 Å². The summed E-state index contributed by atoms with van der Waals surface area (Å²) in [6.07, 6.45) is 7.41. The van der Waals surface area contributed by atoms with Crippen LogP contribution in [0.4, 0.5) is 0 Å². The number of hydrogen-bond acceptors (Lipinski definition) is 2. The van der Waals surface area contributed by atoms with Gasteiger partial charge in [-0.05, 0) is 77.8 Å². The minimum Gasteiger partial charge on any atom is -0.309 e. The molecular weight excluding hydrogens is 248 g/mol. The largest absolute Gasteiger partial charge is 0.309 e. The Balaban J connectivity index is 1.70. The maximum atomic E-state index is 2.71. The van der Waals surface area contributed by atoms with Crippen LogP contribution in [0.2, 0.25) is 25.2 Å². The molecule has 2 rings (SSSR count). The van der Waals surface area contributed by atoms with E-state index >= 15 is 0 Å². The SMILES string of the molecule is CN(C)CCCN1CCC2(CC1)CC[Si](C)(C)CC2. The summed E-state index contributed by atoms with van der Waals surface area (Å²) < 4.78 is 0. The van der Waals surface area contributed by atoms with Crippen molar-refractivity contribution in [2.75, 3.05) is 40.3 Å². The molecule has 0 N–H and O–H groups in total. The van der Waals surface area contributed by atoms with Gasteiger partial charge in [0.25, 0.3) is 0 Å². The predicted molar refractivity (Wildman–Crippen MR) is 87.6 cm³/mol. The van der Waals surface area contributed by atoms with Crippen molar-refractivity contribution >= 4 is 8.07 Å². The minimum absolute atomic E-state index is 0.764. The summed E-state index contributed by atoms with van der Waals surface area (Å²) in [6.45, 7) is 10.5. The Morgan fingerprint density at radius 3 is 2.11 bits per heavy atom. The second-order valence-corrected chi connectivity index (χ2v) is 13.5. The van der Waals surface area contributed by atoms with Crippen molar-refractivity contribution < 1.29 is 0 Å². The lowest BCUT2D eigenvalue weighted by Crippen LogP contribution is -2.45. The van der Waals surface area contributed by atoms with Crippen LogP contribution in [0.1, 0.15) is 32.1 Å². The van der Waals surface area contributed by atoms with Gasteiger partial charge in [-0.1, -0.05) is 25.2 Å². The molecule has 3 heteroatoms. The van der Waals surface area contributed by atoms with E-state index in [1.165, 1.54) is 45.4 Å². The van der Waals surface area contributed by atoms with Gasteiger partial charge >= 0.3 is 0 Å². The van der Waals surface area contributed by atoms with Crippen LogP contribution < -0.4 is 0 Å². The zero-order valence-corrected chi connectivity index (χ0v) is 14.7. The van der Waals surface area contributed by atoms with E-state index in [0.717, 1.165) is 5.41 Å². The second-order valence-electron chi connectivity index (χ2n) is 8.16. The highest BCUT2D eigenvalue weighted by Crippen LogP contribution is 2.47. The molecule has 2 aliphatic rings. The summed E-state index contributed by atoms with van der Waals surface area (Å²) in [7, 11) is 3.59. The molecule has 0 aromatic rings. The predicted octanol–water partition coefficient (Wildman–Crippen LogP) is 3.52. The standard InChI is InChI=1S/C16H34N2Si/c1-17(2)10-5-11-18-12-6-16(7-13-18)8-14-19(3,4)15-9-16/h5-15H2,1-4H3. The van der Waals surface area contributed by atoms with Crippen LogP contribution >= 0.6 is 0 Å². The van der Waals surface area contributed by atoms with Crippen molar-refractivity contribution in [1.29, 1.82) is 0 Å². The zero-order chi connectivity index (χ0) is 13.9. The maximum absolute atomic E-state index is 2.71. The van der Waals surface area contributed by atoms with Gasteiger partial charge in [-0.25, -0.2) is 0 Å². The van der Waals surface area contributed by atoms with Crippen LogP contribution in [0, 0.1) is 5.41 Å². The van der Waals surface area contributed by atoms with Crippen molar-refractivity contribution in [3.8, 4) is 0 Å². The molecule has 0 saturated carbocycles. The third-order valence-electron chi connectivity index (χ3n) is 5.66. The molecule has 0 unspecified atom stereocenters. The van der Waals surface area contributed by atoms with Gasteiger partial charge < -0.3 is 9.80 Å². The molecule has 0 radical (unpaired) electrons. The molecule has 0 aromatic carbocycles. The van der Waals surface area contributed by atoms with Crippen LogP contribution in [0.25, 0.3) is 0 Å². The van der Waals surface area contributed by atoms with Gasteiger partial charge in [0.15, 0.2) is 0 Å². The maximum Gasteiger partial charge on any atom is 0.0474 e. The normalized spacial score (nSPS) is 27.0. The summed E-state index contributed by atoms with van der Waals surface area (Å²) in [6, 6.07) is 3.18. The summed E-state index contributed by atoms with van der Waals surface area (Å²) >= 11 is 0. The van der Waals surface area contributed by atoms with Gasteiger partial charge in [-0.3, -0.25) is 0 Å². The van der Waals surface area contributed by atoms with Gasteiger partial charge in [0, 0.05) is 8.07 Å². The van der Waals surface area contributed by atoms with Crippen molar-refractivity contribution in [3.05, 3.63) is 0 Å². The van der Waals surface area contributed by atoms with E-state index < -0.39 is 8.07 Å². The molecule has 2 saturated heterocycles. The smallest absolute Gasteiger partial charge is 0.0474 e. The summed E-state index contributed by atoms with van der Waals surface area (Å²) in [5.74, 6) is 0. The van der Waals surface area contributed by atoms with Gasteiger partial charge in [0.2, 0.25) is 0 Å². The summed E-state index contributed by atoms with van der Waals surface area (Å²) in [5.41, 5.74) is 0.764. The molecule has 2 aliphatic heterocycles. The molecule has 2 heterocycles. The van der Waals surface area contributed by atoms with Crippen molar-refractivity contribution in [2.24, 2.45) is 5.41 Å². The highest BCUT2D eigenvalue weighted by atomic mass is 28.3. The first-order chi connectivity index (χ1) is 8.91. The molecule has 2 fully saturated rings. The van der Waals surface area contributed by atoms with E-state index in [4.69, 9.17) is 0 Å². The molecule has 0 bridgehead atoms. The van der Waals surface area contributed by atoms with Crippen molar-refractivity contribution in [3.63, 3.8) is 0 Å². The monoisotopic (exact) mass is 282 g/mol. The summed E-state index contributed by atoms with van der Waals surface area (Å²) in [4.78, 5) is 5.02. The van der Waals surface area contributed by atoms with Crippen molar-refractivity contribution in [2.45, 2.75) is 57.3 Å². The first-order valence-electron chi connectivity index (χ1n) is 8.28. The Morgan fingerprint density at radius 1 is 1.00 bits per heavy atom. The van der Waals surface area contributed by atoms with Gasteiger partial charge in [-0.2, -0.15) is 0 Å². The fraction of sp³-hybridized carbons (Fsp3) is 1.00.